The van der Waals surface area contributed by atoms with E-state index in [4.69, 9.17) is 5.73 Å². The van der Waals surface area contributed by atoms with Crippen LogP contribution in [0.5, 0.6) is 0 Å². The van der Waals surface area contributed by atoms with Gasteiger partial charge in [-0.2, -0.15) is 0 Å². The fourth-order valence-corrected chi connectivity index (χ4v) is 2.88. The van der Waals surface area contributed by atoms with Crippen LogP contribution in [0.3, 0.4) is 0 Å². The fourth-order valence-electron chi connectivity index (χ4n) is 2.88. The van der Waals surface area contributed by atoms with Gasteiger partial charge in [0.1, 0.15) is 0 Å². The second-order valence-corrected chi connectivity index (χ2v) is 5.20. The Morgan fingerprint density at radius 2 is 1.93 bits per heavy atom. The maximum Gasteiger partial charge on any atom is 0.00793 e. The summed E-state index contributed by atoms with van der Waals surface area (Å²) in [5.74, 6) is 1.77. The van der Waals surface area contributed by atoms with Gasteiger partial charge in [0.15, 0.2) is 0 Å². The van der Waals surface area contributed by atoms with Crippen molar-refractivity contribution in [2.45, 2.75) is 45.1 Å². The lowest BCUT2D eigenvalue weighted by Crippen LogP contribution is -2.51. The molecular weight excluding hydrogens is 172 g/mol. The van der Waals surface area contributed by atoms with Gasteiger partial charge in [-0.3, -0.25) is 0 Å². The molecule has 0 spiro atoms. The standard InChI is InChI=1S/C12H24N2/c1-2-10-7-14(8-10)9-11-5-3-4-6-12(11)13/h10-12H,2-9,13H2,1H3. The zero-order valence-electron chi connectivity index (χ0n) is 9.41. The molecule has 0 bridgehead atoms. The van der Waals surface area contributed by atoms with Crippen LogP contribution in [0.25, 0.3) is 0 Å². The van der Waals surface area contributed by atoms with Crippen LogP contribution in [-0.4, -0.2) is 30.6 Å². The normalized spacial score (nSPS) is 35.6. The summed E-state index contributed by atoms with van der Waals surface area (Å²) in [4.78, 5) is 2.60. The van der Waals surface area contributed by atoms with Crippen molar-refractivity contribution in [1.29, 1.82) is 0 Å². The molecule has 1 heterocycles. The second-order valence-electron chi connectivity index (χ2n) is 5.20. The van der Waals surface area contributed by atoms with Crippen molar-refractivity contribution in [3.8, 4) is 0 Å². The molecule has 2 atom stereocenters. The maximum atomic E-state index is 6.15. The molecule has 2 rings (SSSR count). The van der Waals surface area contributed by atoms with Gasteiger partial charge in [-0.15, -0.1) is 0 Å². The summed E-state index contributed by atoms with van der Waals surface area (Å²) in [6.45, 7) is 6.24. The Kier molecular flexibility index (Phi) is 3.45. The zero-order valence-corrected chi connectivity index (χ0v) is 9.41. The summed E-state index contributed by atoms with van der Waals surface area (Å²) < 4.78 is 0. The number of likely N-dealkylation sites (tertiary alicyclic amines) is 1. The average Bonchev–Trinajstić information content (AvgIpc) is 2.13. The number of rotatable bonds is 3. The quantitative estimate of drug-likeness (QED) is 0.746. The molecule has 1 aliphatic carbocycles. The highest BCUT2D eigenvalue weighted by molar-refractivity contribution is 4.85. The highest BCUT2D eigenvalue weighted by Gasteiger charge is 2.30. The van der Waals surface area contributed by atoms with E-state index in [-0.39, 0.29) is 0 Å². The summed E-state index contributed by atoms with van der Waals surface area (Å²) in [7, 11) is 0. The lowest BCUT2D eigenvalue weighted by atomic mass is 9.83. The minimum absolute atomic E-state index is 0.490. The Bertz CT molecular complexity index is 175. The number of nitrogens with two attached hydrogens (primary N) is 1. The van der Waals surface area contributed by atoms with E-state index in [9.17, 15) is 0 Å². The first-order chi connectivity index (χ1) is 6.79. The highest BCUT2D eigenvalue weighted by atomic mass is 15.2. The number of nitrogens with zero attached hydrogens (tertiary/aromatic N) is 1. The summed E-state index contributed by atoms with van der Waals surface area (Å²) in [5.41, 5.74) is 6.15. The van der Waals surface area contributed by atoms with Crippen LogP contribution in [-0.2, 0) is 0 Å². The van der Waals surface area contributed by atoms with Crippen LogP contribution in [0.2, 0.25) is 0 Å². The molecule has 1 aliphatic heterocycles. The van der Waals surface area contributed by atoms with Gasteiger partial charge in [0.2, 0.25) is 0 Å². The lowest BCUT2D eigenvalue weighted by molar-refractivity contribution is 0.0661. The molecule has 0 aromatic rings. The summed E-state index contributed by atoms with van der Waals surface area (Å²) in [6, 6.07) is 0.490. The lowest BCUT2D eigenvalue weighted by Gasteiger charge is -2.42. The summed E-state index contributed by atoms with van der Waals surface area (Å²) >= 11 is 0. The van der Waals surface area contributed by atoms with Crippen molar-refractivity contribution >= 4 is 0 Å². The van der Waals surface area contributed by atoms with Gasteiger partial charge < -0.3 is 10.6 Å². The molecule has 2 heteroatoms. The minimum Gasteiger partial charge on any atom is -0.327 e. The fraction of sp³-hybridized carbons (Fsp3) is 1.00. The third-order valence-electron chi connectivity index (χ3n) is 4.07. The molecule has 0 aromatic carbocycles. The Labute approximate surface area is 87.8 Å². The van der Waals surface area contributed by atoms with Crippen LogP contribution in [0.4, 0.5) is 0 Å². The molecule has 82 valence electrons. The molecule has 1 saturated heterocycles. The van der Waals surface area contributed by atoms with E-state index in [2.05, 4.69) is 11.8 Å². The van der Waals surface area contributed by atoms with Gasteiger partial charge in [0, 0.05) is 25.7 Å². The zero-order chi connectivity index (χ0) is 9.97. The van der Waals surface area contributed by atoms with Gasteiger partial charge >= 0.3 is 0 Å². The third-order valence-corrected chi connectivity index (χ3v) is 4.07. The molecule has 2 unspecified atom stereocenters. The molecule has 2 aliphatic rings. The van der Waals surface area contributed by atoms with Crippen molar-refractivity contribution in [3.05, 3.63) is 0 Å². The minimum atomic E-state index is 0.490. The van der Waals surface area contributed by atoms with Gasteiger partial charge in [-0.25, -0.2) is 0 Å². The monoisotopic (exact) mass is 196 g/mol. The SMILES string of the molecule is CCC1CN(CC2CCCCC2N)C1. The summed E-state index contributed by atoms with van der Waals surface area (Å²) in [5, 5.41) is 0. The van der Waals surface area contributed by atoms with Crippen molar-refractivity contribution in [3.63, 3.8) is 0 Å². The third kappa shape index (κ3) is 2.29. The van der Waals surface area contributed by atoms with Gasteiger partial charge in [-0.1, -0.05) is 26.2 Å². The van der Waals surface area contributed by atoms with Gasteiger partial charge in [0.05, 0.1) is 0 Å². The molecule has 2 N–H and O–H groups in total. The predicted molar refractivity (Wildman–Crippen MR) is 60.2 cm³/mol. The van der Waals surface area contributed by atoms with E-state index in [1.807, 2.05) is 0 Å². The molecule has 0 aromatic heterocycles. The van der Waals surface area contributed by atoms with Crippen molar-refractivity contribution in [1.82, 2.24) is 4.90 Å². The predicted octanol–water partition coefficient (Wildman–Crippen LogP) is 1.85. The largest absolute Gasteiger partial charge is 0.327 e. The first-order valence-electron chi connectivity index (χ1n) is 6.27. The van der Waals surface area contributed by atoms with Gasteiger partial charge in [-0.05, 0) is 24.7 Å². The van der Waals surface area contributed by atoms with E-state index in [1.54, 1.807) is 0 Å². The highest BCUT2D eigenvalue weighted by Crippen LogP contribution is 2.27. The van der Waals surface area contributed by atoms with Crippen LogP contribution in [0.1, 0.15) is 39.0 Å². The average molecular weight is 196 g/mol. The Hall–Kier alpha value is -0.0800. The van der Waals surface area contributed by atoms with Crippen LogP contribution < -0.4 is 5.73 Å². The first kappa shape index (κ1) is 10.4. The molecule has 1 saturated carbocycles. The second kappa shape index (κ2) is 4.63. The molecule has 2 nitrogen and oxygen atoms in total. The molecule has 0 amide bonds. The van der Waals surface area contributed by atoms with Crippen molar-refractivity contribution in [2.24, 2.45) is 17.6 Å². The Morgan fingerprint density at radius 1 is 1.21 bits per heavy atom. The first-order valence-corrected chi connectivity index (χ1v) is 6.27. The van der Waals surface area contributed by atoms with E-state index in [1.165, 1.54) is 51.7 Å². The Morgan fingerprint density at radius 3 is 2.57 bits per heavy atom. The number of hydrogen-bond donors (Lipinski definition) is 1. The van der Waals surface area contributed by atoms with E-state index >= 15 is 0 Å². The van der Waals surface area contributed by atoms with Crippen molar-refractivity contribution in [2.75, 3.05) is 19.6 Å². The van der Waals surface area contributed by atoms with E-state index in [0.717, 1.165) is 11.8 Å². The van der Waals surface area contributed by atoms with Crippen LogP contribution in [0, 0.1) is 11.8 Å². The Balaban J connectivity index is 1.69. The van der Waals surface area contributed by atoms with E-state index in [0.29, 0.717) is 6.04 Å². The molecule has 0 radical (unpaired) electrons. The molecule has 2 fully saturated rings. The van der Waals surface area contributed by atoms with Crippen LogP contribution >= 0.6 is 0 Å². The maximum absolute atomic E-state index is 6.15. The summed E-state index contributed by atoms with van der Waals surface area (Å²) in [6.07, 6.45) is 6.75. The topological polar surface area (TPSA) is 29.3 Å². The number of hydrogen-bond acceptors (Lipinski definition) is 2. The molecular formula is C12H24N2. The van der Waals surface area contributed by atoms with Gasteiger partial charge in [0.25, 0.3) is 0 Å². The molecule has 14 heavy (non-hydrogen) atoms. The van der Waals surface area contributed by atoms with Crippen molar-refractivity contribution < 1.29 is 0 Å². The van der Waals surface area contributed by atoms with E-state index < -0.39 is 0 Å². The smallest absolute Gasteiger partial charge is 0.00793 e. The van der Waals surface area contributed by atoms with Crippen LogP contribution in [0.15, 0.2) is 0 Å².